The summed E-state index contributed by atoms with van der Waals surface area (Å²) in [6.07, 6.45) is -1.18. The average Bonchev–Trinajstić information content (AvgIpc) is 3.27. The monoisotopic (exact) mass is 408 g/mol. The quantitative estimate of drug-likeness (QED) is 0.843. The van der Waals surface area contributed by atoms with Gasteiger partial charge in [0.2, 0.25) is 11.7 Å². The number of carbonyl (C=O) groups is 2. The standard InChI is InChI=1S/C19H19F3N4O3/c1-10(27)23-14-4-2-3-5-15(14)26-9-12-7-6-11(8-13(12)17(26)28)16-24-18(29-25-16)19(20,21)22/h6-8,14-15H,2-5,9H2,1H3,(H,23,27). The molecule has 4 rings (SSSR count). The second kappa shape index (κ2) is 7.16. The van der Waals surface area contributed by atoms with Gasteiger partial charge in [0.1, 0.15) is 0 Å². The minimum absolute atomic E-state index is 0.106. The SMILES string of the molecule is CC(=O)NC1CCCCC1N1Cc2ccc(-c3noc(C(F)(F)F)n3)cc2C1=O. The molecular formula is C19H19F3N4O3. The van der Waals surface area contributed by atoms with Crippen LogP contribution in [0.3, 0.4) is 0 Å². The van der Waals surface area contributed by atoms with Gasteiger partial charge in [-0.3, -0.25) is 9.59 Å². The molecule has 2 heterocycles. The van der Waals surface area contributed by atoms with Crippen LogP contribution >= 0.6 is 0 Å². The molecule has 1 fully saturated rings. The van der Waals surface area contributed by atoms with E-state index >= 15 is 0 Å². The third-order valence-corrected chi connectivity index (χ3v) is 5.39. The summed E-state index contributed by atoms with van der Waals surface area (Å²) >= 11 is 0. The molecule has 154 valence electrons. The van der Waals surface area contributed by atoms with Crippen LogP contribution in [0.2, 0.25) is 0 Å². The Bertz CT molecular complexity index is 956. The number of amides is 2. The first-order chi connectivity index (χ1) is 13.7. The van der Waals surface area contributed by atoms with E-state index in [2.05, 4.69) is 20.0 Å². The summed E-state index contributed by atoms with van der Waals surface area (Å²) < 4.78 is 42.4. The second-order valence-corrected chi connectivity index (χ2v) is 7.38. The van der Waals surface area contributed by atoms with Gasteiger partial charge >= 0.3 is 12.1 Å². The number of alkyl halides is 3. The molecule has 0 spiro atoms. The van der Waals surface area contributed by atoms with Crippen LogP contribution in [0.1, 0.15) is 54.4 Å². The number of hydrogen-bond donors (Lipinski definition) is 1. The van der Waals surface area contributed by atoms with Crippen molar-refractivity contribution >= 4 is 11.8 Å². The van der Waals surface area contributed by atoms with Crippen LogP contribution in [0.4, 0.5) is 13.2 Å². The van der Waals surface area contributed by atoms with Crippen molar-refractivity contribution in [2.75, 3.05) is 0 Å². The molecule has 1 aliphatic carbocycles. The highest BCUT2D eigenvalue weighted by Crippen LogP contribution is 2.34. The molecule has 2 atom stereocenters. The van der Waals surface area contributed by atoms with Gasteiger partial charge in [-0.25, -0.2) is 0 Å². The van der Waals surface area contributed by atoms with E-state index in [1.807, 2.05) is 0 Å². The number of benzene rings is 1. The maximum absolute atomic E-state index is 13.0. The summed E-state index contributed by atoms with van der Waals surface area (Å²) in [5.74, 6) is -1.99. The summed E-state index contributed by atoms with van der Waals surface area (Å²) in [6, 6.07) is 4.55. The molecule has 29 heavy (non-hydrogen) atoms. The van der Waals surface area contributed by atoms with Crippen LogP contribution in [0, 0.1) is 0 Å². The molecule has 2 amide bonds. The normalized spacial score (nSPS) is 21.9. The zero-order valence-electron chi connectivity index (χ0n) is 15.6. The molecule has 0 saturated heterocycles. The largest absolute Gasteiger partial charge is 0.471 e. The highest BCUT2D eigenvalue weighted by atomic mass is 19.4. The fraction of sp³-hybridized carbons (Fsp3) is 0.474. The number of carbonyl (C=O) groups excluding carboxylic acids is 2. The number of aromatic nitrogens is 2. The molecule has 1 saturated carbocycles. The zero-order valence-corrected chi connectivity index (χ0v) is 15.6. The molecule has 10 heteroatoms. The Kier molecular flexibility index (Phi) is 4.79. The Labute approximate surface area is 164 Å². The number of halogens is 3. The fourth-order valence-electron chi connectivity index (χ4n) is 4.10. The van der Waals surface area contributed by atoms with Crippen LogP contribution in [0.5, 0.6) is 0 Å². The van der Waals surface area contributed by atoms with E-state index in [9.17, 15) is 22.8 Å². The van der Waals surface area contributed by atoms with Crippen molar-refractivity contribution < 1.29 is 27.3 Å². The third kappa shape index (κ3) is 3.70. The Balaban J connectivity index is 1.59. The van der Waals surface area contributed by atoms with Gasteiger partial charge in [0.05, 0.1) is 6.04 Å². The van der Waals surface area contributed by atoms with E-state index < -0.39 is 12.1 Å². The molecule has 2 aromatic rings. The van der Waals surface area contributed by atoms with Crippen LogP contribution in [-0.2, 0) is 17.5 Å². The van der Waals surface area contributed by atoms with Gasteiger partial charge in [-0.1, -0.05) is 30.1 Å². The lowest BCUT2D eigenvalue weighted by molar-refractivity contribution is -0.159. The van der Waals surface area contributed by atoms with E-state index in [0.717, 1.165) is 31.2 Å². The highest BCUT2D eigenvalue weighted by molar-refractivity contribution is 5.99. The van der Waals surface area contributed by atoms with Gasteiger partial charge in [-0.15, -0.1) is 0 Å². The Hall–Kier alpha value is -2.91. The first-order valence-electron chi connectivity index (χ1n) is 9.36. The molecule has 1 aromatic carbocycles. The summed E-state index contributed by atoms with van der Waals surface area (Å²) in [5, 5.41) is 6.32. The molecule has 0 bridgehead atoms. The predicted octanol–water partition coefficient (Wildman–Crippen LogP) is 3.16. The molecule has 7 nitrogen and oxygen atoms in total. The van der Waals surface area contributed by atoms with Gasteiger partial charge in [0.25, 0.3) is 5.91 Å². The number of rotatable bonds is 3. The van der Waals surface area contributed by atoms with Crippen molar-refractivity contribution in [3.63, 3.8) is 0 Å². The lowest BCUT2D eigenvalue weighted by Crippen LogP contribution is -2.53. The van der Waals surface area contributed by atoms with Crippen molar-refractivity contribution in [3.8, 4) is 11.4 Å². The third-order valence-electron chi connectivity index (χ3n) is 5.39. The molecule has 2 aliphatic rings. The van der Waals surface area contributed by atoms with E-state index in [4.69, 9.17) is 0 Å². The van der Waals surface area contributed by atoms with Crippen molar-refractivity contribution in [1.82, 2.24) is 20.4 Å². The van der Waals surface area contributed by atoms with E-state index in [1.54, 1.807) is 17.0 Å². The Morgan fingerprint density at radius 1 is 1.28 bits per heavy atom. The lowest BCUT2D eigenvalue weighted by Gasteiger charge is -2.38. The predicted molar refractivity (Wildman–Crippen MR) is 94.5 cm³/mol. The lowest BCUT2D eigenvalue weighted by atomic mass is 9.89. The summed E-state index contributed by atoms with van der Waals surface area (Å²) in [6.45, 7) is 1.86. The van der Waals surface area contributed by atoms with Crippen LogP contribution < -0.4 is 5.32 Å². The Morgan fingerprint density at radius 3 is 2.72 bits per heavy atom. The minimum Gasteiger partial charge on any atom is -0.352 e. The summed E-state index contributed by atoms with van der Waals surface area (Å²) in [5.41, 5.74) is 1.47. The average molecular weight is 408 g/mol. The zero-order chi connectivity index (χ0) is 20.8. The maximum Gasteiger partial charge on any atom is 0.471 e. The summed E-state index contributed by atoms with van der Waals surface area (Å²) in [7, 11) is 0. The van der Waals surface area contributed by atoms with E-state index in [1.165, 1.54) is 13.0 Å². The first-order valence-corrected chi connectivity index (χ1v) is 9.36. The van der Waals surface area contributed by atoms with Gasteiger partial charge < -0.3 is 14.7 Å². The van der Waals surface area contributed by atoms with Crippen LogP contribution in [0.25, 0.3) is 11.4 Å². The van der Waals surface area contributed by atoms with Crippen molar-refractivity contribution in [2.24, 2.45) is 0 Å². The van der Waals surface area contributed by atoms with Crippen molar-refractivity contribution in [2.45, 2.75) is 57.4 Å². The maximum atomic E-state index is 13.0. The number of hydrogen-bond acceptors (Lipinski definition) is 5. The van der Waals surface area contributed by atoms with Gasteiger partial charge in [0.15, 0.2) is 0 Å². The van der Waals surface area contributed by atoms with Crippen LogP contribution in [-0.4, -0.2) is 38.9 Å². The topological polar surface area (TPSA) is 88.3 Å². The smallest absolute Gasteiger partial charge is 0.352 e. The highest BCUT2D eigenvalue weighted by Gasteiger charge is 2.40. The summed E-state index contributed by atoms with van der Waals surface area (Å²) in [4.78, 5) is 29.7. The van der Waals surface area contributed by atoms with Crippen LogP contribution in [0.15, 0.2) is 22.7 Å². The van der Waals surface area contributed by atoms with E-state index in [-0.39, 0.29) is 35.3 Å². The van der Waals surface area contributed by atoms with Gasteiger partial charge in [-0.05, 0) is 24.5 Å². The van der Waals surface area contributed by atoms with Crippen molar-refractivity contribution in [3.05, 3.63) is 35.2 Å². The second-order valence-electron chi connectivity index (χ2n) is 7.38. The van der Waals surface area contributed by atoms with Crippen molar-refractivity contribution in [1.29, 1.82) is 0 Å². The molecule has 0 radical (unpaired) electrons. The molecule has 1 N–H and O–H groups in total. The molecule has 2 unspecified atom stereocenters. The molecule has 1 aliphatic heterocycles. The first kappa shape index (κ1) is 19.4. The number of nitrogens with one attached hydrogen (secondary N) is 1. The molecular weight excluding hydrogens is 389 g/mol. The van der Waals surface area contributed by atoms with E-state index in [0.29, 0.717) is 12.1 Å². The van der Waals surface area contributed by atoms with Gasteiger partial charge in [-0.2, -0.15) is 18.2 Å². The Morgan fingerprint density at radius 2 is 2.03 bits per heavy atom. The minimum atomic E-state index is -4.73. The van der Waals surface area contributed by atoms with Gasteiger partial charge in [0, 0.05) is 30.6 Å². The number of fused-ring (bicyclic) bond motifs is 1. The number of nitrogens with zero attached hydrogens (tertiary/aromatic N) is 3. The molecule has 1 aromatic heterocycles. The fourth-order valence-corrected chi connectivity index (χ4v) is 4.10.